The van der Waals surface area contributed by atoms with Crippen LogP contribution in [0.1, 0.15) is 15.9 Å². The van der Waals surface area contributed by atoms with Crippen molar-refractivity contribution in [2.75, 3.05) is 6.61 Å². The van der Waals surface area contributed by atoms with Gasteiger partial charge in [0.05, 0.1) is 5.56 Å². The van der Waals surface area contributed by atoms with Gasteiger partial charge in [0, 0.05) is 24.0 Å². The Kier molecular flexibility index (Phi) is 5.35. The van der Waals surface area contributed by atoms with Gasteiger partial charge < -0.3 is 10.5 Å². The van der Waals surface area contributed by atoms with Crippen molar-refractivity contribution in [3.05, 3.63) is 52.9 Å². The van der Waals surface area contributed by atoms with Gasteiger partial charge in [-0.3, -0.25) is 9.78 Å². The number of aliphatic imine (C=N–C) groups is 1. The lowest BCUT2D eigenvalue weighted by Gasteiger charge is -2.09. The fraction of sp³-hybridized carbons (Fsp3) is 0.143. The molecule has 0 aliphatic carbocycles. The Balaban J connectivity index is 2.22. The number of hydrogen-bond donors (Lipinski definition) is 1. The topological polar surface area (TPSA) is 90.5 Å². The molecule has 0 fully saturated rings. The standard InChI is InChI=1S/C14H10ClF3N4O2/c15-10-5-9(6-11(21-10)24-7-14(16,17)18)13(23)22-12(19)8-1-3-20-4-2-8/h1-6H,7H2,(H2,19,22,23). The highest BCUT2D eigenvalue weighted by Gasteiger charge is 2.28. The molecule has 0 aliphatic rings. The maximum absolute atomic E-state index is 12.2. The van der Waals surface area contributed by atoms with Crippen molar-refractivity contribution in [1.29, 1.82) is 0 Å². The Morgan fingerprint density at radius 2 is 1.92 bits per heavy atom. The maximum Gasteiger partial charge on any atom is 0.422 e. The Labute approximate surface area is 139 Å². The molecule has 1 amide bonds. The monoisotopic (exact) mass is 358 g/mol. The molecular formula is C14H10ClF3N4O2. The van der Waals surface area contributed by atoms with E-state index >= 15 is 0 Å². The highest BCUT2D eigenvalue weighted by atomic mass is 35.5. The van der Waals surface area contributed by atoms with E-state index in [1.165, 1.54) is 12.4 Å². The van der Waals surface area contributed by atoms with E-state index in [1.807, 2.05) is 0 Å². The van der Waals surface area contributed by atoms with Crippen molar-refractivity contribution in [3.8, 4) is 5.88 Å². The average Bonchev–Trinajstić information content (AvgIpc) is 2.52. The van der Waals surface area contributed by atoms with Crippen LogP contribution < -0.4 is 10.5 Å². The first-order valence-electron chi connectivity index (χ1n) is 6.40. The molecule has 0 saturated carbocycles. The molecule has 0 unspecified atom stereocenters. The first-order valence-corrected chi connectivity index (χ1v) is 6.78. The molecule has 2 heterocycles. The summed E-state index contributed by atoms with van der Waals surface area (Å²) in [5, 5.41) is -0.212. The number of halogens is 4. The smallest absolute Gasteiger partial charge is 0.422 e. The lowest BCUT2D eigenvalue weighted by atomic mass is 10.2. The number of amidine groups is 1. The highest BCUT2D eigenvalue weighted by Crippen LogP contribution is 2.21. The van der Waals surface area contributed by atoms with Crippen LogP contribution in [0.15, 0.2) is 41.7 Å². The number of amides is 1. The minimum Gasteiger partial charge on any atom is -0.468 e. The van der Waals surface area contributed by atoms with Crippen LogP contribution in [-0.4, -0.2) is 34.5 Å². The van der Waals surface area contributed by atoms with Gasteiger partial charge in [-0.25, -0.2) is 4.98 Å². The van der Waals surface area contributed by atoms with E-state index in [0.717, 1.165) is 12.1 Å². The molecule has 0 aliphatic heterocycles. The van der Waals surface area contributed by atoms with Crippen molar-refractivity contribution < 1.29 is 22.7 Å². The summed E-state index contributed by atoms with van der Waals surface area (Å²) in [5.74, 6) is -1.32. The third-order valence-corrected chi connectivity index (χ3v) is 2.79. The lowest BCUT2D eigenvalue weighted by molar-refractivity contribution is -0.154. The van der Waals surface area contributed by atoms with Gasteiger partial charge in [-0.15, -0.1) is 0 Å². The summed E-state index contributed by atoms with van der Waals surface area (Å²) in [6.45, 7) is -1.56. The minimum atomic E-state index is -4.54. The zero-order valence-corrected chi connectivity index (χ0v) is 12.7. The van der Waals surface area contributed by atoms with Gasteiger partial charge in [0.15, 0.2) is 6.61 Å². The molecule has 2 N–H and O–H groups in total. The van der Waals surface area contributed by atoms with Crippen molar-refractivity contribution in [2.24, 2.45) is 10.7 Å². The number of nitrogens with zero attached hydrogens (tertiary/aromatic N) is 3. The van der Waals surface area contributed by atoms with E-state index < -0.39 is 24.6 Å². The second-order valence-electron chi connectivity index (χ2n) is 4.46. The van der Waals surface area contributed by atoms with E-state index in [1.54, 1.807) is 12.1 Å². The van der Waals surface area contributed by atoms with E-state index in [-0.39, 0.29) is 16.6 Å². The van der Waals surface area contributed by atoms with Gasteiger partial charge in [-0.05, 0) is 18.2 Å². The normalized spacial score (nSPS) is 12.1. The van der Waals surface area contributed by atoms with Crippen molar-refractivity contribution in [1.82, 2.24) is 9.97 Å². The van der Waals surface area contributed by atoms with E-state index in [2.05, 4.69) is 19.7 Å². The van der Waals surface area contributed by atoms with E-state index in [9.17, 15) is 18.0 Å². The molecule has 0 radical (unpaired) electrons. The second kappa shape index (κ2) is 7.26. The first kappa shape index (κ1) is 17.7. The predicted octanol–water partition coefficient (Wildman–Crippen LogP) is 2.62. The molecule has 24 heavy (non-hydrogen) atoms. The zero-order valence-electron chi connectivity index (χ0n) is 11.9. The van der Waals surface area contributed by atoms with Gasteiger partial charge in [0.2, 0.25) is 5.88 Å². The van der Waals surface area contributed by atoms with E-state index in [4.69, 9.17) is 17.3 Å². The number of rotatable bonds is 4. The third-order valence-electron chi connectivity index (χ3n) is 2.60. The van der Waals surface area contributed by atoms with Crippen LogP contribution in [-0.2, 0) is 0 Å². The van der Waals surface area contributed by atoms with Gasteiger partial charge >= 0.3 is 6.18 Å². The summed E-state index contributed by atoms with van der Waals surface area (Å²) in [6, 6.07) is 5.24. The van der Waals surface area contributed by atoms with Crippen LogP contribution in [0.4, 0.5) is 13.2 Å². The summed E-state index contributed by atoms with van der Waals surface area (Å²) < 4.78 is 41.0. The Morgan fingerprint density at radius 3 is 2.54 bits per heavy atom. The molecule has 0 spiro atoms. The van der Waals surface area contributed by atoms with Crippen molar-refractivity contribution in [3.63, 3.8) is 0 Å². The number of alkyl halides is 3. The number of nitrogens with two attached hydrogens (primary N) is 1. The summed E-state index contributed by atoms with van der Waals surface area (Å²) in [7, 11) is 0. The molecule has 126 valence electrons. The van der Waals surface area contributed by atoms with Crippen LogP contribution in [0, 0.1) is 0 Å². The summed E-state index contributed by atoms with van der Waals surface area (Å²) in [4.78, 5) is 23.1. The fourth-order valence-corrected chi connectivity index (χ4v) is 1.79. The number of hydrogen-bond acceptors (Lipinski definition) is 4. The zero-order chi connectivity index (χ0) is 17.7. The summed E-state index contributed by atoms with van der Waals surface area (Å²) >= 11 is 5.69. The summed E-state index contributed by atoms with van der Waals surface area (Å²) in [5.41, 5.74) is 6.06. The van der Waals surface area contributed by atoms with Crippen molar-refractivity contribution in [2.45, 2.75) is 6.18 Å². The van der Waals surface area contributed by atoms with Gasteiger partial charge in [0.25, 0.3) is 5.91 Å². The maximum atomic E-state index is 12.2. The fourth-order valence-electron chi connectivity index (χ4n) is 1.59. The molecule has 0 atom stereocenters. The number of carbonyl (C=O) groups is 1. The Bertz CT molecular complexity index is 766. The van der Waals surface area contributed by atoms with Crippen LogP contribution >= 0.6 is 11.6 Å². The molecule has 2 aromatic rings. The van der Waals surface area contributed by atoms with Gasteiger partial charge in [0.1, 0.15) is 11.0 Å². The molecule has 2 aromatic heterocycles. The molecule has 10 heteroatoms. The number of carbonyl (C=O) groups excluding carboxylic acids is 1. The quantitative estimate of drug-likeness (QED) is 0.515. The largest absolute Gasteiger partial charge is 0.468 e. The van der Waals surface area contributed by atoms with Crippen LogP contribution in [0.25, 0.3) is 0 Å². The molecular weight excluding hydrogens is 349 g/mol. The summed E-state index contributed by atoms with van der Waals surface area (Å²) in [6.07, 6.45) is -1.61. The number of pyridine rings is 2. The van der Waals surface area contributed by atoms with E-state index in [0.29, 0.717) is 5.56 Å². The Morgan fingerprint density at radius 1 is 1.25 bits per heavy atom. The predicted molar refractivity (Wildman–Crippen MR) is 80.1 cm³/mol. The van der Waals surface area contributed by atoms with Crippen molar-refractivity contribution >= 4 is 23.3 Å². The third kappa shape index (κ3) is 5.20. The lowest BCUT2D eigenvalue weighted by Crippen LogP contribution is -2.20. The van der Waals surface area contributed by atoms with Crippen LogP contribution in [0.2, 0.25) is 5.15 Å². The van der Waals surface area contributed by atoms with Crippen LogP contribution in [0.5, 0.6) is 5.88 Å². The van der Waals surface area contributed by atoms with Crippen LogP contribution in [0.3, 0.4) is 0 Å². The van der Waals surface area contributed by atoms with Gasteiger partial charge in [-0.1, -0.05) is 11.6 Å². The molecule has 6 nitrogen and oxygen atoms in total. The minimum absolute atomic E-state index is 0.0758. The molecule has 2 rings (SSSR count). The SMILES string of the molecule is NC(=NC(=O)c1cc(Cl)nc(OCC(F)(F)F)c1)c1ccncc1. The molecule has 0 bridgehead atoms. The Hall–Kier alpha value is -2.68. The second-order valence-corrected chi connectivity index (χ2v) is 4.85. The molecule has 0 saturated heterocycles. The first-order chi connectivity index (χ1) is 11.2. The molecule has 0 aromatic carbocycles. The number of ether oxygens (including phenoxy) is 1. The highest BCUT2D eigenvalue weighted by molar-refractivity contribution is 6.29. The average molecular weight is 359 g/mol. The number of aromatic nitrogens is 2. The van der Waals surface area contributed by atoms with Gasteiger partial charge in [-0.2, -0.15) is 18.2 Å².